The second-order valence-electron chi connectivity index (χ2n) is 4.55. The summed E-state index contributed by atoms with van der Waals surface area (Å²) in [7, 11) is 0. The van der Waals surface area contributed by atoms with Crippen molar-refractivity contribution in [1.29, 1.82) is 0 Å². The molecule has 1 aliphatic rings. The highest BCUT2D eigenvalue weighted by Gasteiger charge is 2.18. The summed E-state index contributed by atoms with van der Waals surface area (Å²) in [6, 6.07) is 5.38. The Bertz CT molecular complexity index is 412. The van der Waals surface area contributed by atoms with Crippen LogP contribution in [0.3, 0.4) is 0 Å². The van der Waals surface area contributed by atoms with Crippen molar-refractivity contribution < 1.29 is 9.63 Å². The molecule has 0 bridgehead atoms. The minimum Gasteiger partial charge on any atom is -0.398 e. The first-order chi connectivity index (χ1) is 8.16. The molecular formula is C13H18N2O2. The van der Waals surface area contributed by atoms with Crippen LogP contribution in [0, 0.1) is 6.92 Å². The summed E-state index contributed by atoms with van der Waals surface area (Å²) < 4.78 is 0. The predicted octanol–water partition coefficient (Wildman–Crippen LogP) is 2.18. The number of hydrogen-bond acceptors (Lipinski definition) is 3. The minimum absolute atomic E-state index is 0.157. The van der Waals surface area contributed by atoms with Gasteiger partial charge in [0.1, 0.15) is 0 Å². The van der Waals surface area contributed by atoms with E-state index in [9.17, 15) is 4.79 Å². The molecular weight excluding hydrogens is 216 g/mol. The van der Waals surface area contributed by atoms with E-state index in [1.807, 2.05) is 13.0 Å². The van der Waals surface area contributed by atoms with E-state index in [0.29, 0.717) is 11.3 Å². The van der Waals surface area contributed by atoms with Crippen molar-refractivity contribution in [2.75, 3.05) is 5.73 Å². The zero-order valence-corrected chi connectivity index (χ0v) is 10.0. The lowest BCUT2D eigenvalue weighted by atomic mass is 10.1. The Labute approximate surface area is 101 Å². The molecule has 17 heavy (non-hydrogen) atoms. The third-order valence-electron chi connectivity index (χ3n) is 3.07. The molecule has 0 radical (unpaired) electrons. The zero-order chi connectivity index (χ0) is 12.3. The largest absolute Gasteiger partial charge is 0.398 e. The molecule has 92 valence electrons. The smallest absolute Gasteiger partial charge is 0.276 e. The molecule has 1 aliphatic carbocycles. The van der Waals surface area contributed by atoms with Crippen molar-refractivity contribution in [3.8, 4) is 0 Å². The number of nitrogen functional groups attached to an aromatic ring is 1. The van der Waals surface area contributed by atoms with E-state index in [0.717, 1.165) is 18.4 Å². The Morgan fingerprint density at radius 2 is 2.12 bits per heavy atom. The fourth-order valence-electron chi connectivity index (χ4n) is 2.06. The average molecular weight is 234 g/mol. The topological polar surface area (TPSA) is 64.4 Å². The van der Waals surface area contributed by atoms with Crippen LogP contribution in [0.4, 0.5) is 5.69 Å². The van der Waals surface area contributed by atoms with Gasteiger partial charge in [0.05, 0.1) is 11.7 Å². The second-order valence-corrected chi connectivity index (χ2v) is 4.55. The second kappa shape index (κ2) is 5.19. The van der Waals surface area contributed by atoms with Crippen LogP contribution in [-0.4, -0.2) is 12.0 Å². The molecule has 1 aromatic carbocycles. The molecule has 0 spiro atoms. The van der Waals surface area contributed by atoms with E-state index >= 15 is 0 Å². The van der Waals surface area contributed by atoms with Gasteiger partial charge in [0, 0.05) is 5.69 Å². The summed E-state index contributed by atoms with van der Waals surface area (Å²) in [5.41, 5.74) is 10.2. The molecule has 1 saturated carbocycles. The Balaban J connectivity index is 1.96. The number of nitrogens with one attached hydrogen (secondary N) is 1. The summed E-state index contributed by atoms with van der Waals surface area (Å²) in [4.78, 5) is 17.2. The molecule has 2 rings (SSSR count). The number of aryl methyl sites for hydroxylation is 1. The van der Waals surface area contributed by atoms with Crippen LogP contribution in [0.15, 0.2) is 18.2 Å². The van der Waals surface area contributed by atoms with Crippen LogP contribution in [-0.2, 0) is 4.84 Å². The van der Waals surface area contributed by atoms with Crippen molar-refractivity contribution in [1.82, 2.24) is 5.48 Å². The van der Waals surface area contributed by atoms with E-state index in [1.54, 1.807) is 12.1 Å². The Kier molecular flexibility index (Phi) is 3.64. The third kappa shape index (κ3) is 2.97. The molecule has 0 saturated heterocycles. The summed E-state index contributed by atoms with van der Waals surface area (Å²) in [6.45, 7) is 1.92. The summed E-state index contributed by atoms with van der Waals surface area (Å²) in [5.74, 6) is -0.266. The number of carbonyl (C=O) groups is 1. The molecule has 0 unspecified atom stereocenters. The van der Waals surface area contributed by atoms with Gasteiger partial charge in [-0.25, -0.2) is 5.48 Å². The van der Waals surface area contributed by atoms with E-state index in [-0.39, 0.29) is 12.0 Å². The van der Waals surface area contributed by atoms with Gasteiger partial charge in [-0.05, 0) is 31.9 Å². The molecule has 3 N–H and O–H groups in total. The lowest BCUT2D eigenvalue weighted by Crippen LogP contribution is -2.28. The monoisotopic (exact) mass is 234 g/mol. The van der Waals surface area contributed by atoms with Gasteiger partial charge in [-0.3, -0.25) is 9.63 Å². The number of benzene rings is 1. The number of carbonyl (C=O) groups excluding carboxylic acids is 1. The number of rotatable bonds is 3. The van der Waals surface area contributed by atoms with E-state index in [1.165, 1.54) is 12.8 Å². The number of hydrogen-bond donors (Lipinski definition) is 2. The predicted molar refractivity (Wildman–Crippen MR) is 66.4 cm³/mol. The van der Waals surface area contributed by atoms with E-state index in [4.69, 9.17) is 10.6 Å². The Morgan fingerprint density at radius 1 is 1.41 bits per heavy atom. The zero-order valence-electron chi connectivity index (χ0n) is 10.0. The van der Waals surface area contributed by atoms with Gasteiger partial charge in [-0.2, -0.15) is 0 Å². The third-order valence-corrected chi connectivity index (χ3v) is 3.07. The average Bonchev–Trinajstić information content (AvgIpc) is 2.82. The molecule has 0 aromatic heterocycles. The van der Waals surface area contributed by atoms with Gasteiger partial charge in [0.2, 0.25) is 0 Å². The molecule has 4 heteroatoms. The molecule has 4 nitrogen and oxygen atoms in total. The highest BCUT2D eigenvalue weighted by Crippen LogP contribution is 2.20. The lowest BCUT2D eigenvalue weighted by Gasteiger charge is -2.12. The maximum Gasteiger partial charge on any atom is 0.276 e. The van der Waals surface area contributed by atoms with E-state index in [2.05, 4.69) is 5.48 Å². The van der Waals surface area contributed by atoms with Crippen LogP contribution in [0.25, 0.3) is 0 Å². The van der Waals surface area contributed by atoms with Crippen molar-refractivity contribution >= 4 is 11.6 Å². The van der Waals surface area contributed by atoms with Crippen LogP contribution < -0.4 is 11.2 Å². The van der Waals surface area contributed by atoms with Crippen LogP contribution >= 0.6 is 0 Å². The fourth-order valence-corrected chi connectivity index (χ4v) is 2.06. The van der Waals surface area contributed by atoms with Crippen molar-refractivity contribution in [2.45, 2.75) is 38.7 Å². The van der Waals surface area contributed by atoms with Crippen LogP contribution in [0.1, 0.15) is 41.6 Å². The Morgan fingerprint density at radius 3 is 2.82 bits per heavy atom. The molecule has 1 amide bonds. The van der Waals surface area contributed by atoms with Gasteiger partial charge in [0.15, 0.2) is 0 Å². The highest BCUT2D eigenvalue weighted by atomic mass is 16.7. The molecule has 1 fully saturated rings. The maximum atomic E-state index is 11.9. The highest BCUT2D eigenvalue weighted by molar-refractivity contribution is 5.98. The summed E-state index contributed by atoms with van der Waals surface area (Å²) in [6.07, 6.45) is 4.54. The molecule has 0 aliphatic heterocycles. The fraction of sp³-hybridized carbons (Fsp3) is 0.462. The molecule has 0 atom stereocenters. The van der Waals surface area contributed by atoms with Crippen LogP contribution in [0.2, 0.25) is 0 Å². The van der Waals surface area contributed by atoms with Gasteiger partial charge in [-0.1, -0.05) is 24.5 Å². The minimum atomic E-state index is -0.266. The molecule has 0 heterocycles. The molecule has 1 aromatic rings. The van der Waals surface area contributed by atoms with Crippen molar-refractivity contribution in [3.05, 3.63) is 29.3 Å². The normalized spacial score (nSPS) is 16.1. The lowest BCUT2D eigenvalue weighted by molar-refractivity contribution is -0.0124. The van der Waals surface area contributed by atoms with Gasteiger partial charge >= 0.3 is 0 Å². The van der Waals surface area contributed by atoms with Crippen molar-refractivity contribution in [2.24, 2.45) is 0 Å². The first kappa shape index (κ1) is 11.9. The first-order valence-corrected chi connectivity index (χ1v) is 5.99. The van der Waals surface area contributed by atoms with Crippen LogP contribution in [0.5, 0.6) is 0 Å². The standard InChI is InChI=1S/C13H18N2O2/c1-9-6-7-12(14)11(8-9)13(16)15-17-10-4-2-3-5-10/h6-8,10H,2-5,14H2,1H3,(H,15,16). The number of anilines is 1. The number of nitrogens with two attached hydrogens (primary N) is 1. The maximum absolute atomic E-state index is 11.9. The number of hydroxylamine groups is 1. The van der Waals surface area contributed by atoms with Crippen molar-refractivity contribution in [3.63, 3.8) is 0 Å². The van der Waals surface area contributed by atoms with Gasteiger partial charge in [0.25, 0.3) is 5.91 Å². The Hall–Kier alpha value is -1.55. The van der Waals surface area contributed by atoms with Gasteiger partial charge < -0.3 is 5.73 Å². The van der Waals surface area contributed by atoms with E-state index < -0.39 is 0 Å². The van der Waals surface area contributed by atoms with Gasteiger partial charge in [-0.15, -0.1) is 0 Å². The quantitative estimate of drug-likeness (QED) is 0.622. The SMILES string of the molecule is Cc1ccc(N)c(C(=O)NOC2CCCC2)c1. The first-order valence-electron chi connectivity index (χ1n) is 5.99. The summed E-state index contributed by atoms with van der Waals surface area (Å²) >= 11 is 0. The number of amides is 1. The summed E-state index contributed by atoms with van der Waals surface area (Å²) in [5, 5.41) is 0.